The lowest BCUT2D eigenvalue weighted by atomic mass is 10.0. The van der Waals surface area contributed by atoms with Crippen LogP contribution in [0.1, 0.15) is 22.3 Å². The van der Waals surface area contributed by atoms with E-state index in [9.17, 15) is 13.2 Å². The van der Waals surface area contributed by atoms with Crippen molar-refractivity contribution in [3.8, 4) is 0 Å². The van der Waals surface area contributed by atoms with Crippen molar-refractivity contribution in [2.75, 3.05) is 38.0 Å². The van der Waals surface area contributed by atoms with Gasteiger partial charge < -0.3 is 10.2 Å². The molecule has 0 aromatic heterocycles. The standard InChI is InChI=1S/C20H25N3O3S.ClH/c1-21-12-14-22(2)20(24)17-8-5-10-18(15-17)27(25,26)23-13-6-9-16-7-3-4-11-19(16)23;/h3-5,7-8,10-11,15,21H,6,9,12-14H2,1-2H3;1H. The molecule has 8 heteroatoms. The van der Waals surface area contributed by atoms with Crippen molar-refractivity contribution in [2.45, 2.75) is 17.7 Å². The fourth-order valence-electron chi connectivity index (χ4n) is 3.27. The molecule has 0 fully saturated rings. The van der Waals surface area contributed by atoms with Crippen LogP contribution in [0, 0.1) is 0 Å². The van der Waals surface area contributed by atoms with Crippen molar-refractivity contribution in [1.82, 2.24) is 10.2 Å². The molecule has 1 heterocycles. The molecule has 0 unspecified atom stereocenters. The van der Waals surface area contributed by atoms with Crippen LogP contribution < -0.4 is 9.62 Å². The highest BCUT2D eigenvalue weighted by atomic mass is 35.5. The summed E-state index contributed by atoms with van der Waals surface area (Å²) in [5.74, 6) is -0.193. The summed E-state index contributed by atoms with van der Waals surface area (Å²) in [6, 6.07) is 13.9. The van der Waals surface area contributed by atoms with Crippen molar-refractivity contribution in [2.24, 2.45) is 0 Å². The minimum absolute atomic E-state index is 0. The molecule has 0 saturated carbocycles. The van der Waals surface area contributed by atoms with Crippen LogP contribution in [0.4, 0.5) is 5.69 Å². The summed E-state index contributed by atoms with van der Waals surface area (Å²) in [5, 5.41) is 3.00. The number of rotatable bonds is 6. The lowest BCUT2D eigenvalue weighted by Gasteiger charge is -2.30. The van der Waals surface area contributed by atoms with E-state index in [4.69, 9.17) is 0 Å². The van der Waals surface area contributed by atoms with Crippen molar-refractivity contribution in [3.05, 3.63) is 59.7 Å². The fraction of sp³-hybridized carbons (Fsp3) is 0.350. The predicted octanol–water partition coefficient (Wildman–Crippen LogP) is 2.54. The van der Waals surface area contributed by atoms with Crippen LogP contribution in [0.2, 0.25) is 0 Å². The van der Waals surface area contributed by atoms with Gasteiger partial charge in [0.15, 0.2) is 0 Å². The second-order valence-corrected chi connectivity index (χ2v) is 8.53. The van der Waals surface area contributed by atoms with Gasteiger partial charge in [-0.2, -0.15) is 0 Å². The number of hydrogen-bond acceptors (Lipinski definition) is 4. The van der Waals surface area contributed by atoms with Gasteiger partial charge in [0, 0.05) is 32.2 Å². The van der Waals surface area contributed by atoms with E-state index in [2.05, 4.69) is 5.32 Å². The van der Waals surface area contributed by atoms with Gasteiger partial charge in [0.25, 0.3) is 15.9 Å². The Labute approximate surface area is 173 Å². The van der Waals surface area contributed by atoms with E-state index in [-0.39, 0.29) is 23.2 Å². The fourth-order valence-corrected chi connectivity index (χ4v) is 4.85. The number of nitrogens with zero attached hydrogens (tertiary/aromatic N) is 2. The molecule has 0 bridgehead atoms. The number of sulfonamides is 1. The number of aryl methyl sites for hydroxylation is 1. The molecule has 1 aliphatic rings. The number of amides is 1. The van der Waals surface area contributed by atoms with E-state index in [0.717, 1.165) is 24.1 Å². The molecule has 0 saturated heterocycles. The number of fused-ring (bicyclic) bond motifs is 1. The molecule has 28 heavy (non-hydrogen) atoms. The van der Waals surface area contributed by atoms with Gasteiger partial charge in [-0.25, -0.2) is 8.42 Å². The Morgan fingerprint density at radius 1 is 1.18 bits per heavy atom. The third-order valence-electron chi connectivity index (χ3n) is 4.78. The Kier molecular flexibility index (Phi) is 7.46. The summed E-state index contributed by atoms with van der Waals surface area (Å²) in [6.45, 7) is 1.66. The second kappa shape index (κ2) is 9.41. The lowest BCUT2D eigenvalue weighted by molar-refractivity contribution is 0.0796. The summed E-state index contributed by atoms with van der Waals surface area (Å²) in [7, 11) is -0.192. The van der Waals surface area contributed by atoms with Crippen LogP contribution in [0.3, 0.4) is 0 Å². The zero-order valence-corrected chi connectivity index (χ0v) is 17.7. The van der Waals surface area contributed by atoms with Crippen molar-refractivity contribution >= 4 is 34.0 Å². The molecule has 1 aliphatic heterocycles. The van der Waals surface area contributed by atoms with E-state index in [1.54, 1.807) is 30.1 Å². The highest BCUT2D eigenvalue weighted by Crippen LogP contribution is 2.31. The number of nitrogens with one attached hydrogen (secondary N) is 1. The van der Waals surface area contributed by atoms with Crippen LogP contribution in [0.25, 0.3) is 0 Å². The lowest BCUT2D eigenvalue weighted by Crippen LogP contribution is -2.36. The zero-order chi connectivity index (χ0) is 19.4. The van der Waals surface area contributed by atoms with Crippen molar-refractivity contribution in [1.29, 1.82) is 0 Å². The molecule has 2 aromatic rings. The van der Waals surface area contributed by atoms with Gasteiger partial charge in [-0.3, -0.25) is 9.10 Å². The normalized spacial score (nSPS) is 13.4. The molecule has 0 atom stereocenters. The maximum atomic E-state index is 13.3. The number of carbonyl (C=O) groups is 1. The first-order valence-corrected chi connectivity index (χ1v) is 10.5. The molecular weight excluding hydrogens is 398 g/mol. The van der Waals surface area contributed by atoms with E-state index in [0.29, 0.717) is 25.2 Å². The topological polar surface area (TPSA) is 69.7 Å². The molecule has 3 rings (SSSR count). The first-order chi connectivity index (χ1) is 12.9. The van der Waals surface area contributed by atoms with Crippen LogP contribution in [0.15, 0.2) is 53.4 Å². The Balaban J connectivity index is 0.00000280. The number of halogens is 1. The van der Waals surface area contributed by atoms with E-state index >= 15 is 0 Å². The first kappa shape index (κ1) is 22.2. The van der Waals surface area contributed by atoms with E-state index < -0.39 is 10.0 Å². The summed E-state index contributed by atoms with van der Waals surface area (Å²) in [6.07, 6.45) is 1.65. The molecule has 6 nitrogen and oxygen atoms in total. The second-order valence-electron chi connectivity index (χ2n) is 6.67. The Morgan fingerprint density at radius 3 is 2.68 bits per heavy atom. The average Bonchev–Trinajstić information content (AvgIpc) is 2.71. The minimum Gasteiger partial charge on any atom is -0.340 e. The quantitative estimate of drug-likeness (QED) is 0.775. The highest BCUT2D eigenvalue weighted by Gasteiger charge is 2.29. The molecular formula is C20H26ClN3O3S. The summed E-state index contributed by atoms with van der Waals surface area (Å²) in [4.78, 5) is 14.3. The van der Waals surface area contributed by atoms with Gasteiger partial charge >= 0.3 is 0 Å². The molecule has 152 valence electrons. The Bertz CT molecular complexity index is 934. The Morgan fingerprint density at radius 2 is 1.93 bits per heavy atom. The predicted molar refractivity (Wildman–Crippen MR) is 114 cm³/mol. The van der Waals surface area contributed by atoms with Gasteiger partial charge in [0.2, 0.25) is 0 Å². The minimum atomic E-state index is -3.72. The first-order valence-electron chi connectivity index (χ1n) is 9.06. The van der Waals surface area contributed by atoms with Gasteiger partial charge in [0.1, 0.15) is 0 Å². The van der Waals surface area contributed by atoms with Crippen LogP contribution in [-0.4, -0.2) is 53.0 Å². The van der Waals surface area contributed by atoms with E-state index in [1.165, 1.54) is 10.4 Å². The van der Waals surface area contributed by atoms with Gasteiger partial charge in [-0.1, -0.05) is 24.3 Å². The average molecular weight is 424 g/mol. The number of hydrogen-bond donors (Lipinski definition) is 1. The molecule has 0 radical (unpaired) electrons. The van der Waals surface area contributed by atoms with Gasteiger partial charge in [0.05, 0.1) is 10.6 Å². The number of benzene rings is 2. The summed E-state index contributed by atoms with van der Waals surface area (Å²) in [5.41, 5.74) is 2.14. The van der Waals surface area contributed by atoms with Crippen molar-refractivity contribution in [3.63, 3.8) is 0 Å². The molecule has 2 aromatic carbocycles. The van der Waals surface area contributed by atoms with Gasteiger partial charge in [-0.05, 0) is 49.7 Å². The van der Waals surface area contributed by atoms with Crippen molar-refractivity contribution < 1.29 is 13.2 Å². The monoisotopic (exact) mass is 423 g/mol. The maximum Gasteiger partial charge on any atom is 0.264 e. The summed E-state index contributed by atoms with van der Waals surface area (Å²) < 4.78 is 28.0. The Hall–Kier alpha value is -2.09. The molecule has 0 spiro atoms. The smallest absolute Gasteiger partial charge is 0.264 e. The third-order valence-corrected chi connectivity index (χ3v) is 6.59. The van der Waals surface area contributed by atoms with Crippen LogP contribution in [-0.2, 0) is 16.4 Å². The van der Waals surface area contributed by atoms with Crippen LogP contribution in [0.5, 0.6) is 0 Å². The molecule has 0 aliphatic carbocycles. The molecule has 1 amide bonds. The molecule has 1 N–H and O–H groups in total. The van der Waals surface area contributed by atoms with E-state index in [1.807, 2.05) is 31.3 Å². The number of anilines is 1. The maximum absolute atomic E-state index is 13.3. The zero-order valence-electron chi connectivity index (χ0n) is 16.1. The number of carbonyl (C=O) groups excluding carboxylic acids is 1. The number of para-hydroxylation sites is 1. The third kappa shape index (κ3) is 4.48. The summed E-state index contributed by atoms with van der Waals surface area (Å²) >= 11 is 0. The number of likely N-dealkylation sites (N-methyl/N-ethyl adjacent to an activating group) is 2. The SMILES string of the molecule is CNCCN(C)C(=O)c1cccc(S(=O)(=O)N2CCCc3ccccc32)c1.Cl. The largest absolute Gasteiger partial charge is 0.340 e. The van der Waals surface area contributed by atoms with Gasteiger partial charge in [-0.15, -0.1) is 12.4 Å². The van der Waals surface area contributed by atoms with Crippen LogP contribution >= 0.6 is 12.4 Å². The highest BCUT2D eigenvalue weighted by molar-refractivity contribution is 7.92.